The van der Waals surface area contributed by atoms with Gasteiger partial charge >= 0.3 is 85.2 Å². The van der Waals surface area contributed by atoms with E-state index in [1.54, 1.807) is 0 Å². The minimum absolute atomic E-state index is 0.0945. The molecule has 2 rings (SSSR count). The van der Waals surface area contributed by atoms with Gasteiger partial charge in [0.25, 0.3) is 0 Å². The fourth-order valence-electron chi connectivity index (χ4n) is 1.68. The molecule has 0 atom stereocenters. The Hall–Kier alpha value is -0.250. The molecule has 0 bridgehead atoms. The summed E-state index contributed by atoms with van der Waals surface area (Å²) in [7, 11) is 0. The van der Waals surface area contributed by atoms with Crippen molar-refractivity contribution in [1.29, 1.82) is 0 Å². The van der Waals surface area contributed by atoms with Gasteiger partial charge in [-0.2, -0.15) is 0 Å². The molecule has 0 saturated heterocycles. The quantitative estimate of drug-likeness (QED) is 0.798. The van der Waals surface area contributed by atoms with E-state index in [2.05, 4.69) is 9.91 Å². The van der Waals surface area contributed by atoms with Crippen molar-refractivity contribution in [3.05, 3.63) is 33.2 Å². The molecule has 0 unspecified atom stereocenters. The Bertz CT molecular complexity index is 347. The molecule has 0 fully saturated rings. The second-order valence-corrected chi connectivity index (χ2v) is 10.6. The summed E-state index contributed by atoms with van der Waals surface area (Å²) in [5.41, 5.74) is 2.20. The first-order chi connectivity index (χ1) is 6.35. The first kappa shape index (κ1) is 9.31. The number of benzene rings is 1. The van der Waals surface area contributed by atoms with Gasteiger partial charge < -0.3 is 0 Å². The number of fused-ring (bicyclic) bond motifs is 1. The molecule has 13 heavy (non-hydrogen) atoms. The second-order valence-electron chi connectivity index (χ2n) is 3.27. The van der Waals surface area contributed by atoms with Crippen LogP contribution in [0.25, 0.3) is 6.08 Å². The van der Waals surface area contributed by atoms with Crippen LogP contribution in [-0.4, -0.2) is 36.0 Å². The predicted molar refractivity (Wildman–Crippen MR) is 53.9 cm³/mol. The van der Waals surface area contributed by atoms with Crippen molar-refractivity contribution in [2.45, 2.75) is 6.61 Å². The Labute approximate surface area is 85.1 Å². The van der Waals surface area contributed by atoms with Gasteiger partial charge in [-0.1, -0.05) is 0 Å². The summed E-state index contributed by atoms with van der Waals surface area (Å²) in [6.45, 7) is 0.0945. The fourth-order valence-corrected chi connectivity index (χ4v) is 7.43. The molecule has 1 aliphatic heterocycles. The van der Waals surface area contributed by atoms with Crippen molar-refractivity contribution in [2.75, 3.05) is 4.36 Å². The van der Waals surface area contributed by atoms with Crippen molar-refractivity contribution in [1.82, 2.24) is 0 Å². The second kappa shape index (κ2) is 3.86. The average molecular weight is 278 g/mol. The average Bonchev–Trinajstić information content (AvgIpc) is 2.59. The van der Waals surface area contributed by atoms with Gasteiger partial charge in [-0.25, -0.2) is 0 Å². The van der Waals surface area contributed by atoms with Crippen molar-refractivity contribution in [3.63, 3.8) is 0 Å². The van der Waals surface area contributed by atoms with E-state index in [1.807, 2.05) is 18.2 Å². The number of hydrogen-bond donors (Lipinski definition) is 2. The molecule has 1 aliphatic rings. The zero-order valence-electron chi connectivity index (χ0n) is 7.27. The van der Waals surface area contributed by atoms with Crippen molar-refractivity contribution < 1.29 is 10.2 Å². The van der Waals surface area contributed by atoms with E-state index in [0.29, 0.717) is 4.36 Å². The molecule has 0 aromatic heterocycles. The Kier molecular flexibility index (Phi) is 2.77. The van der Waals surface area contributed by atoms with Crippen molar-refractivity contribution in [3.8, 4) is 0 Å². The van der Waals surface area contributed by atoms with E-state index in [0.717, 1.165) is 5.56 Å². The van der Waals surface area contributed by atoms with E-state index in [9.17, 15) is 0 Å². The number of aliphatic hydroxyl groups excluding tert-OH is 2. The Morgan fingerprint density at radius 3 is 2.77 bits per heavy atom. The molecule has 66 valence electrons. The van der Waals surface area contributed by atoms with Crippen LogP contribution in [0.1, 0.15) is 11.1 Å². The molecule has 2 N–H and O–H groups in total. The Morgan fingerprint density at radius 1 is 1.23 bits per heavy atom. The summed E-state index contributed by atoms with van der Waals surface area (Å²) in [5.74, 6) is 0. The van der Waals surface area contributed by atoms with Crippen LogP contribution >= 0.6 is 0 Å². The number of hydrogen-bond acceptors (Lipinski definition) is 2. The molecular formula is C10H11InO2. The van der Waals surface area contributed by atoms with Gasteiger partial charge in [0.15, 0.2) is 0 Å². The monoisotopic (exact) mass is 278 g/mol. The van der Waals surface area contributed by atoms with Gasteiger partial charge in [-0.3, -0.25) is 0 Å². The van der Waals surface area contributed by atoms with E-state index in [-0.39, 0.29) is 6.61 Å². The summed E-state index contributed by atoms with van der Waals surface area (Å²) < 4.78 is 3.88. The van der Waals surface area contributed by atoms with E-state index in [4.69, 9.17) is 10.2 Å². The molecule has 2 nitrogen and oxygen atoms in total. The van der Waals surface area contributed by atoms with Crippen molar-refractivity contribution >= 4 is 30.8 Å². The van der Waals surface area contributed by atoms with Crippen LogP contribution in [0.3, 0.4) is 0 Å². The third-order valence-electron chi connectivity index (χ3n) is 2.44. The van der Waals surface area contributed by atoms with Crippen molar-refractivity contribution in [2.24, 2.45) is 0 Å². The topological polar surface area (TPSA) is 40.5 Å². The van der Waals surface area contributed by atoms with Gasteiger partial charge in [0.05, 0.1) is 0 Å². The first-order valence-corrected chi connectivity index (χ1v) is 10.3. The molecule has 1 aromatic carbocycles. The number of aliphatic hydroxyl groups is 2. The van der Waals surface area contributed by atoms with Crippen LogP contribution in [0.15, 0.2) is 22.0 Å². The van der Waals surface area contributed by atoms with Crippen LogP contribution in [0.5, 0.6) is 0 Å². The normalized spacial score (nSPS) is 13.5. The maximum absolute atomic E-state index is 9.16. The van der Waals surface area contributed by atoms with Crippen LogP contribution in [-0.2, 0) is 6.61 Å². The van der Waals surface area contributed by atoms with Crippen LogP contribution in [0, 0.1) is 0 Å². The van der Waals surface area contributed by atoms with Gasteiger partial charge in [0.1, 0.15) is 0 Å². The molecule has 0 aliphatic carbocycles. The predicted octanol–water partition coefficient (Wildman–Crippen LogP) is -0.0218. The third-order valence-corrected chi connectivity index (χ3v) is 9.14. The van der Waals surface area contributed by atoms with Crippen LogP contribution < -0.4 is 3.32 Å². The molecule has 0 saturated carbocycles. The third kappa shape index (κ3) is 1.68. The molecule has 1 aromatic rings. The van der Waals surface area contributed by atoms with Crippen LogP contribution in [0.2, 0.25) is 0 Å². The van der Waals surface area contributed by atoms with Gasteiger partial charge in [0, 0.05) is 0 Å². The summed E-state index contributed by atoms with van der Waals surface area (Å²) in [4.78, 5) is 0. The summed E-state index contributed by atoms with van der Waals surface area (Å²) in [5, 5.41) is 18.1. The Morgan fingerprint density at radius 2 is 2.08 bits per heavy atom. The standard InChI is InChI=1S/C9H8O.CH3O.In/c1-2-8-3-5-9(7-10)6-4-8;1-2;/h1-3,5-6,10H,7H2;2H,1H2;. The minimum atomic E-state index is -1.93. The molecule has 1 heterocycles. The van der Waals surface area contributed by atoms with E-state index in [1.165, 1.54) is 8.88 Å². The molecular weight excluding hydrogens is 267 g/mol. The van der Waals surface area contributed by atoms with Crippen LogP contribution in [0.4, 0.5) is 0 Å². The zero-order valence-corrected chi connectivity index (χ0v) is 10.6. The zero-order chi connectivity index (χ0) is 9.26. The fraction of sp³-hybridized carbons (Fsp3) is 0.200. The molecule has 0 spiro atoms. The maximum atomic E-state index is 9.16. The van der Waals surface area contributed by atoms with Gasteiger partial charge in [-0.15, -0.1) is 0 Å². The van der Waals surface area contributed by atoms with E-state index < -0.39 is 21.4 Å². The Balaban J connectivity index is 2.41. The summed E-state index contributed by atoms with van der Waals surface area (Å²) >= 11 is -1.93. The first-order valence-electron chi connectivity index (χ1n) is 4.38. The SMILES string of the molecule is OCc1ccc2[c](c1)[In]([CH2]O)[CH]=C2. The summed E-state index contributed by atoms with van der Waals surface area (Å²) in [6.07, 6.45) is 2.10. The van der Waals surface area contributed by atoms with Gasteiger partial charge in [-0.05, 0) is 0 Å². The molecule has 3 heteroatoms. The van der Waals surface area contributed by atoms with E-state index >= 15 is 0 Å². The molecule has 0 amide bonds. The van der Waals surface area contributed by atoms with Gasteiger partial charge in [0.2, 0.25) is 0 Å². The molecule has 0 radical (unpaired) electrons. The summed E-state index contributed by atoms with van der Waals surface area (Å²) in [6, 6.07) is 6.02. The number of rotatable bonds is 2.